The molecule has 14 heavy (non-hydrogen) atoms. The summed E-state index contributed by atoms with van der Waals surface area (Å²) in [5, 5.41) is 2.10. The first-order valence-electron chi connectivity index (χ1n) is 4.68. The molecule has 3 atom stereocenters. The molecule has 0 bridgehead atoms. The number of thiophene rings is 1. The van der Waals surface area contributed by atoms with Crippen molar-refractivity contribution in [1.29, 1.82) is 0 Å². The molecule has 2 rings (SSSR count). The van der Waals surface area contributed by atoms with Gasteiger partial charge >= 0.3 is 0 Å². The molecule has 1 fully saturated rings. The fourth-order valence-corrected chi connectivity index (χ4v) is 4.92. The van der Waals surface area contributed by atoms with Crippen molar-refractivity contribution in [2.75, 3.05) is 6.61 Å². The molecule has 1 aliphatic heterocycles. The molecule has 0 spiro atoms. The van der Waals surface area contributed by atoms with Crippen LogP contribution in [0, 0.1) is 5.92 Å². The van der Waals surface area contributed by atoms with Crippen molar-refractivity contribution in [3.63, 3.8) is 0 Å². The van der Waals surface area contributed by atoms with Gasteiger partial charge in [-0.2, -0.15) is 0 Å². The molecule has 1 aliphatic rings. The highest BCUT2D eigenvalue weighted by Crippen LogP contribution is 2.42. The Hall–Kier alpha value is 0.620. The van der Waals surface area contributed by atoms with Crippen LogP contribution >= 0.6 is 43.2 Å². The summed E-state index contributed by atoms with van der Waals surface area (Å²) in [4.78, 5) is 1.66. The zero-order chi connectivity index (χ0) is 10.1. The van der Waals surface area contributed by atoms with Crippen molar-refractivity contribution >= 4 is 43.2 Å². The van der Waals surface area contributed by atoms with E-state index in [1.165, 1.54) is 15.8 Å². The summed E-state index contributed by atoms with van der Waals surface area (Å²) in [5.74, 6) is 0.647. The van der Waals surface area contributed by atoms with E-state index in [-0.39, 0.29) is 0 Å². The molecule has 0 amide bonds. The fraction of sp³-hybridized carbons (Fsp3) is 0.600. The SMILES string of the molecule is CC1CCOC1C(Br)c1sccc1Br. The average Bonchev–Trinajstić information content (AvgIpc) is 2.73. The minimum atomic E-state index is 0.324. The lowest BCUT2D eigenvalue weighted by Gasteiger charge is -2.20. The number of hydrogen-bond donors (Lipinski definition) is 0. The van der Waals surface area contributed by atoms with Gasteiger partial charge in [-0.3, -0.25) is 0 Å². The maximum Gasteiger partial charge on any atom is 0.0775 e. The predicted octanol–water partition coefficient (Wildman–Crippen LogP) is 4.37. The van der Waals surface area contributed by atoms with E-state index in [1.54, 1.807) is 11.3 Å². The third kappa shape index (κ3) is 2.08. The second kappa shape index (κ2) is 4.64. The van der Waals surface area contributed by atoms with Crippen LogP contribution in [-0.2, 0) is 4.74 Å². The first-order valence-corrected chi connectivity index (χ1v) is 7.27. The molecule has 0 aromatic carbocycles. The second-order valence-corrected chi connectivity index (χ2v) is 6.42. The lowest BCUT2D eigenvalue weighted by molar-refractivity contribution is 0.0940. The summed E-state index contributed by atoms with van der Waals surface area (Å²) in [7, 11) is 0. The Bertz CT molecular complexity index is 313. The molecule has 0 radical (unpaired) electrons. The fourth-order valence-electron chi connectivity index (χ4n) is 1.74. The van der Waals surface area contributed by atoms with Crippen molar-refractivity contribution in [2.45, 2.75) is 24.3 Å². The molecule has 1 nitrogen and oxygen atoms in total. The Morgan fingerprint density at radius 1 is 1.64 bits per heavy atom. The van der Waals surface area contributed by atoms with Crippen molar-refractivity contribution in [1.82, 2.24) is 0 Å². The van der Waals surface area contributed by atoms with Crippen LogP contribution < -0.4 is 0 Å². The number of halogens is 2. The molecule has 1 aromatic rings. The van der Waals surface area contributed by atoms with E-state index in [0.29, 0.717) is 16.8 Å². The highest BCUT2D eigenvalue weighted by Gasteiger charge is 2.32. The number of rotatable bonds is 2. The van der Waals surface area contributed by atoms with E-state index >= 15 is 0 Å². The molecule has 0 N–H and O–H groups in total. The summed E-state index contributed by atoms with van der Waals surface area (Å²) in [6.45, 7) is 3.16. The lowest BCUT2D eigenvalue weighted by atomic mass is 10.0. The van der Waals surface area contributed by atoms with E-state index in [9.17, 15) is 0 Å². The van der Waals surface area contributed by atoms with Crippen LogP contribution in [0.25, 0.3) is 0 Å². The Labute approximate surface area is 105 Å². The van der Waals surface area contributed by atoms with Gasteiger partial charge in [0.2, 0.25) is 0 Å². The molecule has 0 saturated carbocycles. The van der Waals surface area contributed by atoms with Gasteiger partial charge in [-0.05, 0) is 39.7 Å². The average molecular weight is 340 g/mol. The maximum absolute atomic E-state index is 5.74. The summed E-state index contributed by atoms with van der Waals surface area (Å²) in [5.41, 5.74) is 0. The van der Waals surface area contributed by atoms with Crippen LogP contribution in [-0.4, -0.2) is 12.7 Å². The van der Waals surface area contributed by atoms with Gasteiger partial charge < -0.3 is 4.74 Å². The number of hydrogen-bond acceptors (Lipinski definition) is 2. The standard InChI is InChI=1S/C10H12Br2OS/c1-6-2-4-13-9(6)8(12)10-7(11)3-5-14-10/h3,5-6,8-9H,2,4H2,1H3. The van der Waals surface area contributed by atoms with E-state index in [4.69, 9.17) is 4.74 Å². The molecule has 3 unspecified atom stereocenters. The Morgan fingerprint density at radius 2 is 2.43 bits per heavy atom. The molecule has 1 aromatic heterocycles. The molecular formula is C10H12Br2OS. The van der Waals surface area contributed by atoms with E-state index < -0.39 is 0 Å². The molecule has 0 aliphatic carbocycles. The molecule has 4 heteroatoms. The molecular weight excluding hydrogens is 328 g/mol. The van der Waals surface area contributed by atoms with Gasteiger partial charge in [0.05, 0.1) is 10.9 Å². The summed E-state index contributed by atoms with van der Waals surface area (Å²) in [6.07, 6.45) is 1.50. The number of alkyl halides is 1. The quantitative estimate of drug-likeness (QED) is 0.727. The third-order valence-electron chi connectivity index (χ3n) is 2.63. The highest BCUT2D eigenvalue weighted by atomic mass is 79.9. The molecule has 78 valence electrons. The van der Waals surface area contributed by atoms with Gasteiger partial charge in [-0.15, -0.1) is 11.3 Å². The summed E-state index contributed by atoms with van der Waals surface area (Å²) >= 11 is 9.07. The zero-order valence-electron chi connectivity index (χ0n) is 7.87. The van der Waals surface area contributed by atoms with Crippen LogP contribution in [0.2, 0.25) is 0 Å². The van der Waals surface area contributed by atoms with E-state index in [1.807, 2.05) is 0 Å². The highest BCUT2D eigenvalue weighted by molar-refractivity contribution is 9.11. The van der Waals surface area contributed by atoms with Crippen molar-refractivity contribution < 1.29 is 4.74 Å². The van der Waals surface area contributed by atoms with E-state index in [2.05, 4.69) is 50.2 Å². The predicted molar refractivity (Wildman–Crippen MR) is 67.2 cm³/mol. The van der Waals surface area contributed by atoms with Gasteiger partial charge in [0.25, 0.3) is 0 Å². The van der Waals surface area contributed by atoms with Crippen LogP contribution in [0.1, 0.15) is 23.0 Å². The first-order chi connectivity index (χ1) is 6.70. The van der Waals surface area contributed by atoms with Crippen molar-refractivity contribution in [2.24, 2.45) is 5.92 Å². The van der Waals surface area contributed by atoms with Crippen LogP contribution in [0.15, 0.2) is 15.9 Å². The van der Waals surface area contributed by atoms with Gasteiger partial charge in [0.15, 0.2) is 0 Å². The van der Waals surface area contributed by atoms with Crippen LogP contribution in [0.4, 0.5) is 0 Å². The minimum Gasteiger partial charge on any atom is -0.376 e. The molecule has 2 heterocycles. The van der Waals surface area contributed by atoms with Crippen LogP contribution in [0.5, 0.6) is 0 Å². The summed E-state index contributed by atoms with van der Waals surface area (Å²) in [6, 6.07) is 2.09. The minimum absolute atomic E-state index is 0.324. The lowest BCUT2D eigenvalue weighted by Crippen LogP contribution is -2.18. The Morgan fingerprint density at radius 3 is 2.93 bits per heavy atom. The van der Waals surface area contributed by atoms with Gasteiger partial charge in [0.1, 0.15) is 0 Å². The third-order valence-corrected chi connectivity index (χ3v) is 5.86. The van der Waals surface area contributed by atoms with Gasteiger partial charge in [0, 0.05) is 16.0 Å². The van der Waals surface area contributed by atoms with Gasteiger partial charge in [-0.1, -0.05) is 22.9 Å². The van der Waals surface area contributed by atoms with Crippen molar-refractivity contribution in [3.05, 3.63) is 20.8 Å². The monoisotopic (exact) mass is 338 g/mol. The zero-order valence-corrected chi connectivity index (χ0v) is 11.9. The second-order valence-electron chi connectivity index (χ2n) is 3.64. The molecule has 1 saturated heterocycles. The topological polar surface area (TPSA) is 9.23 Å². The summed E-state index contributed by atoms with van der Waals surface area (Å²) < 4.78 is 6.93. The largest absolute Gasteiger partial charge is 0.376 e. The van der Waals surface area contributed by atoms with Crippen LogP contribution in [0.3, 0.4) is 0 Å². The Balaban J connectivity index is 2.15. The Kier molecular flexibility index (Phi) is 3.68. The van der Waals surface area contributed by atoms with E-state index in [0.717, 1.165) is 6.61 Å². The van der Waals surface area contributed by atoms with Gasteiger partial charge in [-0.25, -0.2) is 0 Å². The maximum atomic E-state index is 5.74. The normalized spacial score (nSPS) is 29.4. The number of ether oxygens (including phenoxy) is 1. The smallest absolute Gasteiger partial charge is 0.0775 e. The first kappa shape index (κ1) is 11.1. The van der Waals surface area contributed by atoms with Crippen molar-refractivity contribution in [3.8, 4) is 0 Å².